The Hall–Kier alpha value is -2.16. The number of hydrogen-bond donors (Lipinski definition) is 2. The van der Waals surface area contributed by atoms with E-state index in [0.29, 0.717) is 25.1 Å². The van der Waals surface area contributed by atoms with Crippen LogP contribution in [0.2, 0.25) is 0 Å². The largest absolute Gasteiger partial charge is 0.480 e. The lowest BCUT2D eigenvalue weighted by atomic mass is 10.1. The van der Waals surface area contributed by atoms with Gasteiger partial charge in [-0.25, -0.2) is 0 Å². The molecule has 0 saturated heterocycles. The van der Waals surface area contributed by atoms with Gasteiger partial charge in [0.15, 0.2) is 0 Å². The molecule has 0 saturated carbocycles. The second-order valence-corrected chi connectivity index (χ2v) is 4.63. The highest BCUT2D eigenvalue weighted by Gasteiger charge is 2.11. The zero-order chi connectivity index (χ0) is 15.0. The fourth-order valence-corrected chi connectivity index (χ4v) is 1.61. The molecule has 0 radical (unpaired) electrons. The highest BCUT2D eigenvalue weighted by molar-refractivity contribution is 5.72. The number of hydrogen-bond acceptors (Lipinski definition) is 4. The molecular weight excluding hydrogens is 254 g/mol. The van der Waals surface area contributed by atoms with Crippen molar-refractivity contribution in [1.29, 1.82) is 5.26 Å². The van der Waals surface area contributed by atoms with E-state index in [1.54, 1.807) is 12.1 Å². The third-order valence-electron chi connectivity index (χ3n) is 2.91. The molecule has 3 N–H and O–H groups in total. The third-order valence-corrected chi connectivity index (χ3v) is 2.91. The number of rotatable bonds is 7. The van der Waals surface area contributed by atoms with Crippen LogP contribution in [0.1, 0.15) is 17.5 Å². The van der Waals surface area contributed by atoms with Crippen LogP contribution in [0.3, 0.4) is 0 Å². The summed E-state index contributed by atoms with van der Waals surface area (Å²) in [4.78, 5) is 12.6. The average molecular weight is 273 g/mol. The number of carboxylic acids is 1. The van der Waals surface area contributed by atoms with Gasteiger partial charge in [-0.2, -0.15) is 5.26 Å². The van der Waals surface area contributed by atoms with E-state index in [-0.39, 0.29) is 0 Å². The smallest absolute Gasteiger partial charge is 0.320 e. The summed E-state index contributed by atoms with van der Waals surface area (Å²) < 4.78 is 0. The Kier molecular flexibility index (Phi) is 6.44. The van der Waals surface area contributed by atoms with Crippen molar-refractivity contribution in [2.45, 2.75) is 12.5 Å². The second-order valence-electron chi connectivity index (χ2n) is 4.63. The van der Waals surface area contributed by atoms with Gasteiger partial charge in [-0.05, 0) is 31.2 Å². The molecule has 0 spiro atoms. The lowest BCUT2D eigenvalue weighted by Crippen LogP contribution is -2.34. The van der Waals surface area contributed by atoms with Gasteiger partial charge in [-0.1, -0.05) is 24.3 Å². The van der Waals surface area contributed by atoms with Crippen molar-refractivity contribution < 1.29 is 9.90 Å². The molecular formula is C15H19N3O2. The molecule has 1 rings (SSSR count). The summed E-state index contributed by atoms with van der Waals surface area (Å²) in [6.45, 7) is 1.34. The van der Waals surface area contributed by atoms with Gasteiger partial charge < -0.3 is 15.7 Å². The predicted molar refractivity (Wildman–Crippen MR) is 77.9 cm³/mol. The molecule has 0 aliphatic rings. The second kappa shape index (κ2) is 8.10. The number of aliphatic carboxylic acids is 1. The van der Waals surface area contributed by atoms with Gasteiger partial charge in [-0.15, -0.1) is 0 Å². The van der Waals surface area contributed by atoms with Crippen LogP contribution in [0.5, 0.6) is 0 Å². The summed E-state index contributed by atoms with van der Waals surface area (Å²) in [6, 6.07) is 8.58. The topological polar surface area (TPSA) is 90.4 Å². The molecule has 1 aromatic rings. The molecule has 0 aromatic heterocycles. The first-order valence-corrected chi connectivity index (χ1v) is 6.36. The number of benzene rings is 1. The Morgan fingerprint density at radius 2 is 2.15 bits per heavy atom. The standard InChI is InChI=1S/C15H19N3O2/c1-18(10-8-14(17)15(19)20)9-2-3-12-4-6-13(11-16)7-5-12/h2-7,14H,8-10,17H2,1H3,(H,19,20)/b3-2+/t14-/m0/s1. The van der Waals surface area contributed by atoms with Gasteiger partial charge in [0.2, 0.25) is 0 Å². The zero-order valence-corrected chi connectivity index (χ0v) is 11.5. The van der Waals surface area contributed by atoms with Crippen LogP contribution in [-0.2, 0) is 4.79 Å². The lowest BCUT2D eigenvalue weighted by Gasteiger charge is -2.15. The normalized spacial score (nSPS) is 12.5. The molecule has 1 atom stereocenters. The number of likely N-dealkylation sites (N-methyl/N-ethyl adjacent to an activating group) is 1. The predicted octanol–water partition coefficient (Wildman–Crippen LogP) is 1.31. The van der Waals surface area contributed by atoms with Crippen molar-refractivity contribution in [3.8, 4) is 6.07 Å². The molecule has 20 heavy (non-hydrogen) atoms. The first-order valence-electron chi connectivity index (χ1n) is 6.36. The molecule has 5 nitrogen and oxygen atoms in total. The van der Waals surface area contributed by atoms with Gasteiger partial charge in [0, 0.05) is 13.1 Å². The van der Waals surface area contributed by atoms with Gasteiger partial charge >= 0.3 is 5.97 Å². The Morgan fingerprint density at radius 1 is 1.50 bits per heavy atom. The molecule has 0 heterocycles. The minimum Gasteiger partial charge on any atom is -0.480 e. The summed E-state index contributed by atoms with van der Waals surface area (Å²) in [6.07, 6.45) is 4.39. The van der Waals surface area contributed by atoms with Crippen LogP contribution in [0.4, 0.5) is 0 Å². The van der Waals surface area contributed by atoms with E-state index in [1.807, 2.05) is 36.2 Å². The summed E-state index contributed by atoms with van der Waals surface area (Å²) in [5.74, 6) is -0.966. The van der Waals surface area contributed by atoms with Crippen molar-refractivity contribution in [3.63, 3.8) is 0 Å². The number of nitriles is 1. The van der Waals surface area contributed by atoms with Crippen LogP contribution < -0.4 is 5.73 Å². The summed E-state index contributed by atoms with van der Waals surface area (Å²) in [5.41, 5.74) is 7.11. The molecule has 0 fully saturated rings. The van der Waals surface area contributed by atoms with E-state index in [9.17, 15) is 4.79 Å². The Balaban J connectivity index is 2.36. The zero-order valence-electron chi connectivity index (χ0n) is 11.5. The first-order chi connectivity index (χ1) is 9.52. The maximum atomic E-state index is 10.6. The number of nitrogens with two attached hydrogens (primary N) is 1. The van der Waals surface area contributed by atoms with E-state index < -0.39 is 12.0 Å². The SMILES string of the molecule is CN(C/C=C/c1ccc(C#N)cc1)CC[C@H](N)C(=O)O. The van der Waals surface area contributed by atoms with Crippen LogP contribution >= 0.6 is 0 Å². The van der Waals surface area contributed by atoms with Crippen LogP contribution in [0.15, 0.2) is 30.3 Å². The van der Waals surface area contributed by atoms with Gasteiger partial charge in [-0.3, -0.25) is 4.79 Å². The molecule has 0 unspecified atom stereocenters. The van der Waals surface area contributed by atoms with Crippen molar-refractivity contribution in [2.75, 3.05) is 20.1 Å². The average Bonchev–Trinajstić information content (AvgIpc) is 2.45. The highest BCUT2D eigenvalue weighted by Crippen LogP contribution is 2.05. The van der Waals surface area contributed by atoms with Gasteiger partial charge in [0.1, 0.15) is 6.04 Å². The molecule has 1 aromatic carbocycles. The molecule has 5 heteroatoms. The van der Waals surface area contributed by atoms with Crippen molar-refractivity contribution in [1.82, 2.24) is 4.90 Å². The number of carboxylic acid groups (broad SMARTS) is 1. The minimum atomic E-state index is -0.966. The van der Waals surface area contributed by atoms with Crippen molar-refractivity contribution >= 4 is 12.0 Å². The maximum Gasteiger partial charge on any atom is 0.320 e. The third kappa shape index (κ3) is 5.65. The first kappa shape index (κ1) is 15.9. The van der Waals surface area contributed by atoms with E-state index in [0.717, 1.165) is 5.56 Å². The summed E-state index contributed by atoms with van der Waals surface area (Å²) in [7, 11) is 1.91. The summed E-state index contributed by atoms with van der Waals surface area (Å²) >= 11 is 0. The van der Waals surface area contributed by atoms with E-state index >= 15 is 0 Å². The van der Waals surface area contributed by atoms with Crippen LogP contribution in [0.25, 0.3) is 6.08 Å². The van der Waals surface area contributed by atoms with Crippen molar-refractivity contribution in [2.24, 2.45) is 5.73 Å². The molecule has 0 amide bonds. The lowest BCUT2D eigenvalue weighted by molar-refractivity contribution is -0.138. The highest BCUT2D eigenvalue weighted by atomic mass is 16.4. The van der Waals surface area contributed by atoms with Crippen LogP contribution in [0, 0.1) is 11.3 Å². The van der Waals surface area contributed by atoms with Crippen LogP contribution in [-0.4, -0.2) is 42.2 Å². The Bertz CT molecular complexity index is 503. The van der Waals surface area contributed by atoms with E-state index in [4.69, 9.17) is 16.1 Å². The quantitative estimate of drug-likeness (QED) is 0.781. The fourth-order valence-electron chi connectivity index (χ4n) is 1.61. The van der Waals surface area contributed by atoms with Gasteiger partial charge in [0.25, 0.3) is 0 Å². The number of nitrogens with zero attached hydrogens (tertiary/aromatic N) is 2. The molecule has 0 aliphatic heterocycles. The van der Waals surface area contributed by atoms with E-state index in [1.165, 1.54) is 0 Å². The van der Waals surface area contributed by atoms with E-state index in [2.05, 4.69) is 6.07 Å². The van der Waals surface area contributed by atoms with Gasteiger partial charge in [0.05, 0.1) is 11.6 Å². The Labute approximate surface area is 118 Å². The maximum absolute atomic E-state index is 10.6. The minimum absolute atomic E-state index is 0.427. The Morgan fingerprint density at radius 3 is 2.70 bits per heavy atom. The fraction of sp³-hybridized carbons (Fsp3) is 0.333. The summed E-state index contributed by atoms with van der Waals surface area (Å²) in [5, 5.41) is 17.4. The van der Waals surface area contributed by atoms with Crippen molar-refractivity contribution in [3.05, 3.63) is 41.5 Å². The molecule has 0 aliphatic carbocycles. The monoisotopic (exact) mass is 273 g/mol. The molecule has 106 valence electrons. The molecule has 0 bridgehead atoms. The number of carbonyl (C=O) groups is 1.